The topological polar surface area (TPSA) is 86.1 Å². The minimum atomic E-state index is 0.0541. The van der Waals surface area contributed by atoms with Crippen LogP contribution in [0.5, 0.6) is 0 Å². The monoisotopic (exact) mass is 541 g/mol. The Bertz CT molecular complexity index is 1450. The molecule has 9 heteroatoms. The van der Waals surface area contributed by atoms with Crippen molar-refractivity contribution in [1.29, 1.82) is 0 Å². The zero-order chi connectivity index (χ0) is 28.0. The minimum absolute atomic E-state index is 0.0541. The molecule has 0 radical (unpaired) electrons. The van der Waals surface area contributed by atoms with E-state index in [-0.39, 0.29) is 29.2 Å². The molecule has 1 aromatic carbocycles. The summed E-state index contributed by atoms with van der Waals surface area (Å²) < 4.78 is 1.79. The van der Waals surface area contributed by atoms with E-state index in [1.807, 2.05) is 53.4 Å². The summed E-state index contributed by atoms with van der Waals surface area (Å²) >= 11 is 0. The molecule has 2 aromatic heterocycles. The molecule has 2 amide bonds. The van der Waals surface area contributed by atoms with Crippen LogP contribution in [0.2, 0.25) is 0 Å². The molecule has 1 aliphatic carbocycles. The quantitative estimate of drug-likeness (QED) is 0.501. The minimum Gasteiger partial charge on any atom is -0.339 e. The molecule has 3 aromatic rings. The van der Waals surface area contributed by atoms with Gasteiger partial charge in [-0.25, -0.2) is 4.52 Å². The van der Waals surface area contributed by atoms with E-state index in [9.17, 15) is 9.59 Å². The lowest BCUT2D eigenvalue weighted by Gasteiger charge is -2.35. The van der Waals surface area contributed by atoms with Crippen LogP contribution in [0.1, 0.15) is 55.5 Å². The van der Waals surface area contributed by atoms with E-state index in [4.69, 9.17) is 4.98 Å². The highest BCUT2D eigenvalue weighted by atomic mass is 16.2. The molecule has 2 aliphatic heterocycles. The maximum atomic E-state index is 13.1. The number of pyridine rings is 1. The maximum Gasteiger partial charge on any atom is 0.253 e. The third kappa shape index (κ3) is 5.22. The predicted molar refractivity (Wildman–Crippen MR) is 156 cm³/mol. The van der Waals surface area contributed by atoms with Gasteiger partial charge in [0.1, 0.15) is 0 Å². The summed E-state index contributed by atoms with van der Waals surface area (Å²) in [6.07, 6.45) is 7.86. The number of likely N-dealkylation sites (tertiary alicyclic amines) is 1. The number of hydrogen-bond donors (Lipinski definition) is 1. The molecule has 9 nitrogen and oxygen atoms in total. The van der Waals surface area contributed by atoms with Gasteiger partial charge < -0.3 is 20.0 Å². The fourth-order valence-electron chi connectivity index (χ4n) is 6.01. The summed E-state index contributed by atoms with van der Waals surface area (Å²) in [6.45, 7) is 7.75. The third-order valence-electron chi connectivity index (χ3n) is 8.98. The highest BCUT2D eigenvalue weighted by Gasteiger charge is 2.51. The number of rotatable bonds is 6. The highest BCUT2D eigenvalue weighted by Crippen LogP contribution is 2.52. The molecule has 1 saturated carbocycles. The summed E-state index contributed by atoms with van der Waals surface area (Å²) in [5, 5.41) is 7.92. The summed E-state index contributed by atoms with van der Waals surface area (Å²) in [5.74, 6) is 1.01. The number of benzene rings is 1. The van der Waals surface area contributed by atoms with E-state index in [2.05, 4.69) is 48.4 Å². The molecule has 210 valence electrons. The van der Waals surface area contributed by atoms with E-state index in [0.717, 1.165) is 62.2 Å². The first kappa shape index (κ1) is 26.5. The molecule has 1 atom stereocenters. The molecule has 4 heterocycles. The average molecular weight is 542 g/mol. The number of piperidine rings is 1. The molecular formula is C31H39N7O2. The smallest absolute Gasteiger partial charge is 0.253 e. The molecular weight excluding hydrogens is 502 g/mol. The lowest BCUT2D eigenvalue weighted by Crippen LogP contribution is -2.44. The Morgan fingerprint density at radius 3 is 2.45 bits per heavy atom. The van der Waals surface area contributed by atoms with Crippen LogP contribution in [-0.4, -0.2) is 87.4 Å². The first-order valence-electron chi connectivity index (χ1n) is 14.4. The SMILES string of the molecule is CN1CCC(N(C)C(=O)c2ccc(Nc3nc4c(C5=CCN(C(=O)C6CC6(C)C)CC5)cccn4n3)cc2)CC1. The van der Waals surface area contributed by atoms with Crippen molar-refractivity contribution in [2.75, 3.05) is 45.6 Å². The molecule has 1 unspecified atom stereocenters. The molecule has 6 rings (SSSR count). The molecule has 2 fully saturated rings. The van der Waals surface area contributed by atoms with Gasteiger partial charge in [-0.05, 0) is 93.2 Å². The standard InChI is InChI=1S/C31H39N7O2/c1-31(2)20-26(31)29(40)37-18-11-21(12-19-37)25-6-5-15-38-27(25)33-30(34-38)32-23-9-7-22(8-10-23)28(39)36(4)24-13-16-35(3)17-14-24/h5-11,15,24,26H,12-14,16-20H2,1-4H3,(H,32,34). The van der Waals surface area contributed by atoms with Gasteiger partial charge in [0.05, 0.1) is 0 Å². The van der Waals surface area contributed by atoms with Gasteiger partial charge in [-0.15, -0.1) is 5.10 Å². The van der Waals surface area contributed by atoms with Crippen LogP contribution in [0.15, 0.2) is 48.7 Å². The first-order valence-corrected chi connectivity index (χ1v) is 14.4. The Labute approximate surface area is 235 Å². The van der Waals surface area contributed by atoms with Crippen LogP contribution >= 0.6 is 0 Å². The number of aromatic nitrogens is 3. The summed E-state index contributed by atoms with van der Waals surface area (Å²) in [5.41, 5.74) is 4.67. The van der Waals surface area contributed by atoms with Crippen molar-refractivity contribution in [1.82, 2.24) is 29.3 Å². The van der Waals surface area contributed by atoms with Gasteiger partial charge >= 0.3 is 0 Å². The normalized spacial score (nSPS) is 21.2. The number of nitrogens with one attached hydrogen (secondary N) is 1. The molecule has 1 saturated heterocycles. The van der Waals surface area contributed by atoms with Gasteiger partial charge in [0.25, 0.3) is 5.91 Å². The zero-order valence-electron chi connectivity index (χ0n) is 23.9. The van der Waals surface area contributed by atoms with Crippen molar-refractivity contribution in [3.05, 3.63) is 59.8 Å². The van der Waals surface area contributed by atoms with Crippen molar-refractivity contribution >= 4 is 34.7 Å². The number of hydrogen-bond acceptors (Lipinski definition) is 6. The van der Waals surface area contributed by atoms with Crippen LogP contribution in [0.25, 0.3) is 11.2 Å². The first-order chi connectivity index (χ1) is 19.2. The van der Waals surface area contributed by atoms with Gasteiger partial charge in [0.2, 0.25) is 11.9 Å². The van der Waals surface area contributed by atoms with Gasteiger partial charge in [-0.3, -0.25) is 9.59 Å². The van der Waals surface area contributed by atoms with Crippen molar-refractivity contribution in [2.24, 2.45) is 11.3 Å². The van der Waals surface area contributed by atoms with Gasteiger partial charge in [0, 0.05) is 55.1 Å². The van der Waals surface area contributed by atoms with Gasteiger partial charge in [0.15, 0.2) is 5.65 Å². The predicted octanol–water partition coefficient (Wildman–Crippen LogP) is 4.30. The van der Waals surface area contributed by atoms with E-state index < -0.39 is 0 Å². The zero-order valence-corrected chi connectivity index (χ0v) is 23.9. The number of carbonyl (C=O) groups is 2. The lowest BCUT2D eigenvalue weighted by atomic mass is 9.99. The van der Waals surface area contributed by atoms with Gasteiger partial charge in [-0.2, -0.15) is 4.98 Å². The van der Waals surface area contributed by atoms with Crippen LogP contribution < -0.4 is 5.32 Å². The Hall–Kier alpha value is -3.72. The molecule has 0 spiro atoms. The number of amides is 2. The number of anilines is 2. The number of fused-ring (bicyclic) bond motifs is 1. The molecule has 0 bridgehead atoms. The fraction of sp³-hybridized carbons (Fsp3) is 0.484. The van der Waals surface area contributed by atoms with E-state index in [0.29, 0.717) is 18.1 Å². The van der Waals surface area contributed by atoms with E-state index >= 15 is 0 Å². The third-order valence-corrected chi connectivity index (χ3v) is 8.98. The van der Waals surface area contributed by atoms with Crippen molar-refractivity contribution < 1.29 is 9.59 Å². The Morgan fingerprint density at radius 2 is 1.80 bits per heavy atom. The highest BCUT2D eigenvalue weighted by molar-refractivity contribution is 5.94. The second kappa shape index (κ2) is 10.4. The van der Waals surface area contributed by atoms with Crippen molar-refractivity contribution in [3.8, 4) is 0 Å². The van der Waals surface area contributed by atoms with Crippen LogP contribution in [-0.2, 0) is 4.79 Å². The van der Waals surface area contributed by atoms with Crippen molar-refractivity contribution in [3.63, 3.8) is 0 Å². The Kier molecular flexibility index (Phi) is 6.86. The fourth-order valence-corrected chi connectivity index (χ4v) is 6.01. The second-order valence-electron chi connectivity index (χ2n) is 12.3. The number of nitrogens with zero attached hydrogens (tertiary/aromatic N) is 6. The summed E-state index contributed by atoms with van der Waals surface area (Å²) in [7, 11) is 4.04. The van der Waals surface area contributed by atoms with Crippen molar-refractivity contribution in [2.45, 2.75) is 45.6 Å². The Morgan fingerprint density at radius 1 is 1.07 bits per heavy atom. The van der Waals surface area contributed by atoms with Crippen LogP contribution in [0.4, 0.5) is 11.6 Å². The molecule has 1 N–H and O–H groups in total. The van der Waals surface area contributed by atoms with Crippen LogP contribution in [0.3, 0.4) is 0 Å². The second-order valence-corrected chi connectivity index (χ2v) is 12.3. The summed E-state index contributed by atoms with van der Waals surface area (Å²) in [4.78, 5) is 36.9. The van der Waals surface area contributed by atoms with E-state index in [1.54, 1.807) is 4.52 Å². The number of carbonyl (C=O) groups excluding carboxylic acids is 2. The maximum absolute atomic E-state index is 13.1. The van der Waals surface area contributed by atoms with E-state index in [1.165, 1.54) is 5.57 Å². The summed E-state index contributed by atoms with van der Waals surface area (Å²) in [6, 6.07) is 11.9. The largest absolute Gasteiger partial charge is 0.339 e. The Balaban J connectivity index is 1.12. The molecule has 40 heavy (non-hydrogen) atoms. The van der Waals surface area contributed by atoms with Gasteiger partial charge in [-0.1, -0.05) is 19.9 Å². The lowest BCUT2D eigenvalue weighted by molar-refractivity contribution is -0.132. The average Bonchev–Trinajstić information content (AvgIpc) is 3.40. The molecule has 3 aliphatic rings. The van der Waals surface area contributed by atoms with Crippen LogP contribution in [0, 0.1) is 11.3 Å².